The van der Waals surface area contributed by atoms with E-state index in [1.54, 1.807) is 24.3 Å². The number of esters is 1. The van der Waals surface area contributed by atoms with Crippen LogP contribution in [0.2, 0.25) is 0 Å². The molecule has 0 amide bonds. The number of alkyl halides is 3. The quantitative estimate of drug-likeness (QED) is 0.566. The van der Waals surface area contributed by atoms with E-state index in [-0.39, 0.29) is 13.2 Å². The van der Waals surface area contributed by atoms with Gasteiger partial charge in [0, 0.05) is 6.54 Å². The van der Waals surface area contributed by atoms with Crippen LogP contribution in [0.4, 0.5) is 24.7 Å². The third kappa shape index (κ3) is 4.93. The van der Waals surface area contributed by atoms with Gasteiger partial charge in [-0.25, -0.2) is 9.78 Å². The standard InChI is InChI=1S/C17H16F3N3O4/c1-3-27-16(24)12-8-13(17(18,19)20)22-15(14(12)23-25)21-9-10-4-6-11(26-2)7-5-10/h4-8H,3,9H2,1-2H3,(H,21,22). The topological polar surface area (TPSA) is 89.9 Å². The molecule has 0 aliphatic rings. The van der Waals surface area contributed by atoms with Crippen molar-refractivity contribution in [2.45, 2.75) is 19.6 Å². The molecule has 7 nitrogen and oxygen atoms in total. The van der Waals surface area contributed by atoms with Gasteiger partial charge in [-0.05, 0) is 35.9 Å². The van der Waals surface area contributed by atoms with E-state index in [4.69, 9.17) is 9.47 Å². The van der Waals surface area contributed by atoms with Crippen LogP contribution in [0.25, 0.3) is 0 Å². The summed E-state index contributed by atoms with van der Waals surface area (Å²) < 4.78 is 49.1. The maximum atomic E-state index is 13.1. The number of ether oxygens (including phenoxy) is 2. The number of hydrogen-bond acceptors (Lipinski definition) is 7. The molecular weight excluding hydrogens is 367 g/mol. The Labute approximate surface area is 152 Å². The maximum absolute atomic E-state index is 13.1. The molecule has 0 bridgehead atoms. The second-order valence-corrected chi connectivity index (χ2v) is 5.26. The molecule has 10 heteroatoms. The zero-order valence-electron chi connectivity index (χ0n) is 14.5. The number of rotatable bonds is 7. The second kappa shape index (κ2) is 8.47. The molecule has 0 aliphatic carbocycles. The minimum Gasteiger partial charge on any atom is -0.497 e. The zero-order chi connectivity index (χ0) is 20.0. The fourth-order valence-electron chi connectivity index (χ4n) is 2.19. The van der Waals surface area contributed by atoms with E-state index in [0.29, 0.717) is 17.4 Å². The van der Waals surface area contributed by atoms with Crippen LogP contribution < -0.4 is 10.1 Å². The molecule has 2 rings (SSSR count). The van der Waals surface area contributed by atoms with Crippen molar-refractivity contribution in [2.24, 2.45) is 5.18 Å². The molecule has 1 heterocycles. The molecule has 2 aromatic rings. The van der Waals surface area contributed by atoms with Crippen molar-refractivity contribution in [2.75, 3.05) is 19.0 Å². The van der Waals surface area contributed by atoms with Crippen molar-refractivity contribution in [1.29, 1.82) is 0 Å². The number of pyridine rings is 1. The van der Waals surface area contributed by atoms with Crippen molar-refractivity contribution in [3.63, 3.8) is 0 Å². The molecular formula is C17H16F3N3O4. The Hall–Kier alpha value is -3.17. The van der Waals surface area contributed by atoms with Gasteiger partial charge in [0.1, 0.15) is 11.4 Å². The molecule has 0 saturated carbocycles. The Morgan fingerprint density at radius 2 is 1.93 bits per heavy atom. The number of nitroso groups, excluding NO2 is 1. The lowest BCUT2D eigenvalue weighted by Gasteiger charge is -2.14. The van der Waals surface area contributed by atoms with E-state index in [2.05, 4.69) is 15.5 Å². The highest BCUT2D eigenvalue weighted by Crippen LogP contribution is 2.36. The SMILES string of the molecule is CCOC(=O)c1cc(C(F)(F)F)nc(NCc2ccc(OC)cc2)c1N=O. The Morgan fingerprint density at radius 1 is 1.26 bits per heavy atom. The van der Waals surface area contributed by atoms with Gasteiger partial charge >= 0.3 is 12.1 Å². The molecule has 1 N–H and O–H groups in total. The van der Waals surface area contributed by atoms with Crippen molar-refractivity contribution in [3.8, 4) is 5.75 Å². The fourth-order valence-corrected chi connectivity index (χ4v) is 2.19. The Kier molecular flexibility index (Phi) is 6.32. The predicted octanol–water partition coefficient (Wildman–Crippen LogP) is 4.30. The minimum absolute atomic E-state index is 0.0447. The average Bonchev–Trinajstić information content (AvgIpc) is 2.65. The summed E-state index contributed by atoms with van der Waals surface area (Å²) in [7, 11) is 1.50. The van der Waals surface area contributed by atoms with E-state index < -0.39 is 34.9 Å². The van der Waals surface area contributed by atoms with Crippen LogP contribution in [0, 0.1) is 4.91 Å². The largest absolute Gasteiger partial charge is 0.497 e. The van der Waals surface area contributed by atoms with Gasteiger partial charge in [0.05, 0.1) is 19.3 Å². The molecule has 144 valence electrons. The summed E-state index contributed by atoms with van der Waals surface area (Å²) in [6.45, 7) is 1.46. The Morgan fingerprint density at radius 3 is 2.44 bits per heavy atom. The summed E-state index contributed by atoms with van der Waals surface area (Å²) in [6.07, 6.45) is -4.82. The van der Waals surface area contributed by atoms with Crippen LogP contribution in [-0.2, 0) is 17.5 Å². The molecule has 0 unspecified atom stereocenters. The van der Waals surface area contributed by atoms with Gasteiger partial charge in [-0.1, -0.05) is 12.1 Å². The Bertz CT molecular complexity index is 823. The number of anilines is 1. The van der Waals surface area contributed by atoms with Crippen LogP contribution in [0.15, 0.2) is 35.5 Å². The summed E-state index contributed by atoms with van der Waals surface area (Å²) in [5, 5.41) is 5.29. The van der Waals surface area contributed by atoms with Gasteiger partial charge in [0.2, 0.25) is 0 Å². The molecule has 0 fully saturated rings. The number of hydrogen-bond donors (Lipinski definition) is 1. The molecule has 27 heavy (non-hydrogen) atoms. The lowest BCUT2D eigenvalue weighted by atomic mass is 10.1. The summed E-state index contributed by atoms with van der Waals surface area (Å²) in [5.74, 6) is -0.943. The highest BCUT2D eigenvalue weighted by molar-refractivity contribution is 5.97. The predicted molar refractivity (Wildman–Crippen MR) is 91.0 cm³/mol. The molecule has 1 aromatic carbocycles. The van der Waals surface area contributed by atoms with E-state index >= 15 is 0 Å². The second-order valence-electron chi connectivity index (χ2n) is 5.26. The smallest absolute Gasteiger partial charge is 0.433 e. The van der Waals surface area contributed by atoms with Crippen LogP contribution in [0.3, 0.4) is 0 Å². The third-order valence-electron chi connectivity index (χ3n) is 3.49. The van der Waals surface area contributed by atoms with Gasteiger partial charge in [-0.3, -0.25) is 0 Å². The van der Waals surface area contributed by atoms with E-state index in [1.165, 1.54) is 14.0 Å². The van der Waals surface area contributed by atoms with Crippen LogP contribution in [0.5, 0.6) is 5.75 Å². The van der Waals surface area contributed by atoms with Gasteiger partial charge in [-0.2, -0.15) is 13.2 Å². The van der Waals surface area contributed by atoms with Crippen molar-refractivity contribution in [1.82, 2.24) is 4.98 Å². The normalized spacial score (nSPS) is 11.0. The van der Waals surface area contributed by atoms with Gasteiger partial charge in [0.25, 0.3) is 0 Å². The lowest BCUT2D eigenvalue weighted by molar-refractivity contribution is -0.141. The number of halogens is 3. The zero-order valence-corrected chi connectivity index (χ0v) is 14.5. The summed E-state index contributed by atoms with van der Waals surface area (Å²) in [6, 6.07) is 7.14. The average molecular weight is 383 g/mol. The van der Waals surface area contributed by atoms with Crippen molar-refractivity contribution in [3.05, 3.63) is 52.1 Å². The van der Waals surface area contributed by atoms with Gasteiger partial charge in [0.15, 0.2) is 11.5 Å². The molecule has 0 radical (unpaired) electrons. The van der Waals surface area contributed by atoms with Crippen molar-refractivity contribution >= 4 is 17.5 Å². The van der Waals surface area contributed by atoms with E-state index in [0.717, 1.165) is 0 Å². The lowest BCUT2D eigenvalue weighted by Crippen LogP contribution is -2.15. The first-order valence-electron chi connectivity index (χ1n) is 7.79. The number of nitrogens with one attached hydrogen (secondary N) is 1. The molecule has 0 spiro atoms. The number of carbonyl (C=O) groups excluding carboxylic acids is 1. The first kappa shape index (κ1) is 20.1. The van der Waals surface area contributed by atoms with Crippen LogP contribution >= 0.6 is 0 Å². The highest BCUT2D eigenvalue weighted by Gasteiger charge is 2.35. The number of nitrogens with zero attached hydrogens (tertiary/aromatic N) is 2. The number of aromatic nitrogens is 1. The monoisotopic (exact) mass is 383 g/mol. The summed E-state index contributed by atoms with van der Waals surface area (Å²) in [4.78, 5) is 26.5. The van der Waals surface area contributed by atoms with Crippen molar-refractivity contribution < 1.29 is 27.4 Å². The molecule has 1 aromatic heterocycles. The third-order valence-corrected chi connectivity index (χ3v) is 3.49. The van der Waals surface area contributed by atoms with Gasteiger partial charge in [-0.15, -0.1) is 4.91 Å². The van der Waals surface area contributed by atoms with E-state index in [9.17, 15) is 22.9 Å². The Balaban J connectivity index is 2.40. The number of methoxy groups -OCH3 is 1. The molecule has 0 saturated heterocycles. The molecule has 0 atom stereocenters. The first-order chi connectivity index (χ1) is 12.8. The summed E-state index contributed by atoms with van der Waals surface area (Å²) >= 11 is 0. The summed E-state index contributed by atoms with van der Waals surface area (Å²) in [5.41, 5.74) is -1.80. The fraction of sp³-hybridized carbons (Fsp3) is 0.294. The maximum Gasteiger partial charge on any atom is 0.433 e. The van der Waals surface area contributed by atoms with Crippen LogP contribution in [0.1, 0.15) is 28.5 Å². The number of carbonyl (C=O) groups is 1. The first-order valence-corrected chi connectivity index (χ1v) is 7.79. The molecule has 0 aliphatic heterocycles. The minimum atomic E-state index is -4.82. The van der Waals surface area contributed by atoms with Gasteiger partial charge < -0.3 is 14.8 Å². The highest BCUT2D eigenvalue weighted by atomic mass is 19.4. The van der Waals surface area contributed by atoms with E-state index in [1.807, 2.05) is 0 Å². The number of benzene rings is 1. The van der Waals surface area contributed by atoms with Crippen LogP contribution in [-0.4, -0.2) is 24.7 Å².